The minimum absolute atomic E-state index is 0.0605. The van der Waals surface area contributed by atoms with Crippen LogP contribution in [0.2, 0.25) is 0 Å². The van der Waals surface area contributed by atoms with Gasteiger partial charge in [0.25, 0.3) is 11.6 Å². The van der Waals surface area contributed by atoms with Gasteiger partial charge >= 0.3 is 18.1 Å². The number of anilines is 1. The van der Waals surface area contributed by atoms with E-state index in [4.69, 9.17) is 15.0 Å². The third kappa shape index (κ3) is 7.79. The predicted molar refractivity (Wildman–Crippen MR) is 122 cm³/mol. The number of benzene rings is 1. The topological polar surface area (TPSA) is 192 Å². The normalized spacial score (nSPS) is 14.2. The number of nitro groups is 1. The minimum atomic E-state index is -5.08. The number of non-ortho nitro benzene ring substituents is 1. The second-order valence-electron chi connectivity index (χ2n) is 7.74. The number of pyridine rings is 1. The maximum atomic E-state index is 13.0. The summed E-state index contributed by atoms with van der Waals surface area (Å²) in [7, 11) is 0. The molecule has 206 valence electrons. The lowest BCUT2D eigenvalue weighted by atomic mass is 10.0. The molecule has 4 N–H and O–H groups in total. The summed E-state index contributed by atoms with van der Waals surface area (Å²) >= 11 is 0. The number of carboxylic acid groups (broad SMARTS) is 2. The number of alkyl halides is 4. The van der Waals surface area contributed by atoms with Crippen LogP contribution in [0.4, 0.5) is 28.9 Å². The first-order valence-electron chi connectivity index (χ1n) is 10.7. The summed E-state index contributed by atoms with van der Waals surface area (Å²) in [6.45, 7) is 0.943. The van der Waals surface area contributed by atoms with Crippen LogP contribution < -0.4 is 15.5 Å². The summed E-state index contributed by atoms with van der Waals surface area (Å²) in [4.78, 5) is 61.2. The predicted octanol–water partition coefficient (Wildman–Crippen LogP) is 1.30. The summed E-state index contributed by atoms with van der Waals surface area (Å²) in [5, 5.41) is 33.2. The number of nitro benzene ring substituents is 1. The van der Waals surface area contributed by atoms with E-state index in [1.807, 2.05) is 4.90 Å². The van der Waals surface area contributed by atoms with E-state index in [0.717, 1.165) is 0 Å². The quantitative estimate of drug-likeness (QED) is 0.212. The lowest BCUT2D eigenvalue weighted by Gasteiger charge is -2.32. The van der Waals surface area contributed by atoms with Crippen LogP contribution in [-0.4, -0.2) is 88.8 Å². The highest BCUT2D eigenvalue weighted by Crippen LogP contribution is 2.32. The molecule has 1 unspecified atom stereocenters. The number of carbonyl (C=O) groups excluding carboxylic acids is 2. The smallest absolute Gasteiger partial charge is 0.481 e. The second-order valence-corrected chi connectivity index (χ2v) is 7.74. The van der Waals surface area contributed by atoms with Crippen LogP contribution in [0.1, 0.15) is 16.8 Å². The number of piperazine rings is 1. The van der Waals surface area contributed by atoms with Gasteiger partial charge in [-0.05, 0) is 6.07 Å². The lowest BCUT2D eigenvalue weighted by Crippen LogP contribution is -2.46. The third-order valence-electron chi connectivity index (χ3n) is 5.16. The van der Waals surface area contributed by atoms with Gasteiger partial charge in [0.15, 0.2) is 5.78 Å². The minimum Gasteiger partial charge on any atom is -0.481 e. The number of hydrogen-bond acceptors (Lipinski definition) is 9. The van der Waals surface area contributed by atoms with Gasteiger partial charge < -0.3 is 25.7 Å². The average Bonchev–Trinajstić information content (AvgIpc) is 2.86. The first-order chi connectivity index (χ1) is 17.8. The van der Waals surface area contributed by atoms with Gasteiger partial charge in [-0.15, -0.1) is 0 Å². The number of aromatic nitrogens is 1. The van der Waals surface area contributed by atoms with E-state index in [2.05, 4.69) is 15.6 Å². The summed E-state index contributed by atoms with van der Waals surface area (Å²) in [6.07, 6.45) is -4.62. The molecule has 13 nitrogen and oxygen atoms in total. The van der Waals surface area contributed by atoms with Gasteiger partial charge in [0.1, 0.15) is 12.7 Å². The van der Waals surface area contributed by atoms with Crippen molar-refractivity contribution in [2.45, 2.75) is 18.6 Å². The summed E-state index contributed by atoms with van der Waals surface area (Å²) in [6, 6.07) is 2.56. The molecule has 0 radical (unpaired) electrons. The summed E-state index contributed by atoms with van der Waals surface area (Å²) in [5.74, 6) is -5.95. The van der Waals surface area contributed by atoms with Crippen molar-refractivity contribution in [2.75, 3.05) is 37.8 Å². The molecular weight excluding hydrogens is 526 g/mol. The van der Waals surface area contributed by atoms with Gasteiger partial charge in [-0.3, -0.25) is 29.5 Å². The molecule has 0 spiro atoms. The fourth-order valence-corrected chi connectivity index (χ4v) is 3.43. The van der Waals surface area contributed by atoms with Crippen molar-refractivity contribution in [3.63, 3.8) is 0 Å². The van der Waals surface area contributed by atoms with Crippen molar-refractivity contribution < 1.29 is 51.9 Å². The zero-order chi connectivity index (χ0) is 28.6. The monoisotopic (exact) mass is 547 g/mol. The molecule has 0 saturated carbocycles. The number of halogens is 4. The number of aliphatic carboxylic acids is 2. The molecule has 2 heterocycles. The lowest BCUT2D eigenvalue weighted by molar-refractivity contribution is -0.384. The molecular formula is C21H21F4N5O8. The van der Waals surface area contributed by atoms with Crippen molar-refractivity contribution >= 4 is 45.9 Å². The average molecular weight is 547 g/mol. The molecule has 1 atom stereocenters. The summed E-state index contributed by atoms with van der Waals surface area (Å²) in [5.41, 5.74) is 0.672. The second kappa shape index (κ2) is 12.7. The number of Topliss-reactive ketones (excluding diaryl/α,β-unsaturated/α-hetero) is 1. The first-order valence-corrected chi connectivity index (χ1v) is 10.7. The Morgan fingerprint density at radius 2 is 1.79 bits per heavy atom. The fraction of sp³-hybridized carbons (Fsp3) is 0.381. The molecule has 1 aliphatic rings. The zero-order valence-electron chi connectivity index (χ0n) is 19.3. The number of nitrogens with one attached hydrogen (secondary N) is 2. The number of ketones is 1. The van der Waals surface area contributed by atoms with Crippen molar-refractivity contribution in [3.05, 3.63) is 40.1 Å². The molecule has 17 heteroatoms. The van der Waals surface area contributed by atoms with Gasteiger partial charge in [-0.2, -0.15) is 13.2 Å². The molecule has 1 fully saturated rings. The Labute approximate surface area is 210 Å². The highest BCUT2D eigenvalue weighted by molar-refractivity contribution is 6.09. The number of carbonyl (C=O) groups is 4. The van der Waals surface area contributed by atoms with Crippen LogP contribution in [0.15, 0.2) is 24.4 Å². The molecule has 1 aliphatic heterocycles. The van der Waals surface area contributed by atoms with Crippen LogP contribution in [-0.2, 0) is 14.4 Å². The van der Waals surface area contributed by atoms with Crippen molar-refractivity contribution in [3.8, 4) is 0 Å². The standard InChI is InChI=1S/C19H20FN5O6.C2HF3O2/c20-9-16(26)15(8-17(27)28)23-19(29)13-10-22-14-7-11(25(30)31)1-2-12(14)18(13)24-5-3-21-4-6-24;3-2(4,5)1(6)7/h1-2,7,10,15,21H,3-6,8-9H2,(H,23,29)(H,27,28);(H,6,7). The molecule has 2 aromatic rings. The Morgan fingerprint density at radius 3 is 2.29 bits per heavy atom. The maximum absolute atomic E-state index is 13.0. The number of carboxylic acids is 2. The Kier molecular flexibility index (Phi) is 9.97. The van der Waals surface area contributed by atoms with Gasteiger partial charge in [0.05, 0.1) is 28.1 Å². The molecule has 0 aliphatic carbocycles. The molecule has 1 aromatic carbocycles. The largest absolute Gasteiger partial charge is 0.490 e. The van der Waals surface area contributed by atoms with Crippen LogP contribution in [0.3, 0.4) is 0 Å². The van der Waals surface area contributed by atoms with E-state index < -0.39 is 53.9 Å². The third-order valence-corrected chi connectivity index (χ3v) is 5.16. The van der Waals surface area contributed by atoms with E-state index >= 15 is 0 Å². The molecule has 1 saturated heterocycles. The first kappa shape index (κ1) is 29.8. The number of hydrogen-bond donors (Lipinski definition) is 4. The van der Waals surface area contributed by atoms with E-state index in [1.54, 1.807) is 0 Å². The molecule has 1 amide bonds. The van der Waals surface area contributed by atoms with E-state index in [-0.39, 0.29) is 11.3 Å². The van der Waals surface area contributed by atoms with Crippen LogP contribution >= 0.6 is 0 Å². The number of fused-ring (bicyclic) bond motifs is 1. The Bertz CT molecular complexity index is 1230. The van der Waals surface area contributed by atoms with Crippen LogP contribution in [0.5, 0.6) is 0 Å². The maximum Gasteiger partial charge on any atom is 0.490 e. The highest BCUT2D eigenvalue weighted by atomic mass is 19.4. The van der Waals surface area contributed by atoms with Gasteiger partial charge in [0, 0.05) is 49.9 Å². The Hall–Kier alpha value is -4.41. The van der Waals surface area contributed by atoms with Crippen LogP contribution in [0, 0.1) is 10.1 Å². The van der Waals surface area contributed by atoms with E-state index in [9.17, 15) is 42.1 Å². The van der Waals surface area contributed by atoms with Gasteiger partial charge in [-0.25, -0.2) is 9.18 Å². The highest BCUT2D eigenvalue weighted by Gasteiger charge is 2.38. The fourth-order valence-electron chi connectivity index (χ4n) is 3.43. The van der Waals surface area contributed by atoms with Crippen molar-refractivity contribution in [1.29, 1.82) is 0 Å². The van der Waals surface area contributed by atoms with Gasteiger partial charge in [-0.1, -0.05) is 0 Å². The van der Waals surface area contributed by atoms with Crippen molar-refractivity contribution in [1.82, 2.24) is 15.6 Å². The van der Waals surface area contributed by atoms with E-state index in [1.165, 1.54) is 24.4 Å². The number of amides is 1. The Balaban J connectivity index is 0.000000638. The Morgan fingerprint density at radius 1 is 1.18 bits per heavy atom. The molecule has 1 aromatic heterocycles. The SMILES string of the molecule is O=C(O)C(F)(F)F.O=C(O)CC(NC(=O)c1cnc2cc([N+](=O)[O-])ccc2c1N1CCNCC1)C(=O)CF. The zero-order valence-corrected chi connectivity index (χ0v) is 19.3. The molecule has 3 rings (SSSR count). The van der Waals surface area contributed by atoms with Gasteiger partial charge in [0.2, 0.25) is 0 Å². The number of rotatable bonds is 8. The van der Waals surface area contributed by atoms with E-state index in [0.29, 0.717) is 42.8 Å². The molecule has 38 heavy (non-hydrogen) atoms. The molecule has 0 bridgehead atoms. The number of nitrogens with zero attached hydrogens (tertiary/aromatic N) is 3. The summed E-state index contributed by atoms with van der Waals surface area (Å²) < 4.78 is 44.6. The van der Waals surface area contributed by atoms with Crippen LogP contribution in [0.25, 0.3) is 10.9 Å². The van der Waals surface area contributed by atoms with Crippen molar-refractivity contribution in [2.24, 2.45) is 0 Å².